The third-order valence-electron chi connectivity index (χ3n) is 6.54. The number of carbonyl (C=O) groups excluding carboxylic acids is 1. The smallest absolute Gasteiger partial charge is 0.337 e. The lowest BCUT2D eigenvalue weighted by molar-refractivity contribution is 0.0599. The molecular weight excluding hydrogens is 480 g/mol. The van der Waals surface area contributed by atoms with E-state index in [4.69, 9.17) is 0 Å². The number of aromatic carboxylic acids is 2. The molecule has 0 aromatic heterocycles. The third-order valence-corrected chi connectivity index (χ3v) is 6.54. The Kier molecular flexibility index (Phi) is 17.2. The van der Waals surface area contributed by atoms with Crippen LogP contribution < -0.4 is 0 Å². The number of unbranched alkanes of at least 4 members (excludes halogenated alkanes) is 10. The first kappa shape index (κ1) is 32.9. The monoisotopic (exact) mass is 526 g/mol. The van der Waals surface area contributed by atoms with Gasteiger partial charge < -0.3 is 14.9 Å². The van der Waals surface area contributed by atoms with Crippen molar-refractivity contribution >= 4 is 17.9 Å². The molecule has 38 heavy (non-hydrogen) atoms. The van der Waals surface area contributed by atoms with Crippen molar-refractivity contribution in [3.05, 3.63) is 70.3 Å². The van der Waals surface area contributed by atoms with Gasteiger partial charge in [0.2, 0.25) is 0 Å². The molecule has 2 aromatic rings. The van der Waals surface area contributed by atoms with E-state index in [1.165, 1.54) is 52.1 Å². The van der Waals surface area contributed by atoms with Crippen LogP contribution in [0.3, 0.4) is 0 Å². The van der Waals surface area contributed by atoms with Crippen LogP contribution in [0.4, 0.5) is 0 Å². The number of methoxy groups -OCH3 is 1. The van der Waals surface area contributed by atoms with Gasteiger partial charge in [-0.05, 0) is 55.0 Å². The maximum absolute atomic E-state index is 11.7. The van der Waals surface area contributed by atoms with Crippen molar-refractivity contribution < 1.29 is 29.3 Å². The molecule has 0 saturated carbocycles. The highest BCUT2D eigenvalue weighted by Gasteiger charge is 2.21. The average molecular weight is 527 g/mol. The van der Waals surface area contributed by atoms with Crippen molar-refractivity contribution in [2.45, 2.75) is 104 Å². The van der Waals surface area contributed by atoms with Crippen LogP contribution in [0.25, 0.3) is 0 Å². The summed E-state index contributed by atoms with van der Waals surface area (Å²) >= 11 is 0. The van der Waals surface area contributed by atoms with Crippen molar-refractivity contribution in [1.29, 1.82) is 0 Å². The zero-order valence-corrected chi connectivity index (χ0v) is 23.5. The van der Waals surface area contributed by atoms with E-state index in [2.05, 4.69) is 18.6 Å². The molecule has 2 aromatic carbocycles. The lowest BCUT2D eigenvalue weighted by Gasteiger charge is -2.13. The van der Waals surface area contributed by atoms with Gasteiger partial charge in [-0.2, -0.15) is 0 Å². The Balaban J connectivity index is 0.000000600. The second kappa shape index (κ2) is 19.9. The van der Waals surface area contributed by atoms with Gasteiger partial charge in [-0.25, -0.2) is 14.4 Å². The van der Waals surface area contributed by atoms with Gasteiger partial charge in [0.1, 0.15) is 0 Å². The highest BCUT2D eigenvalue weighted by atomic mass is 16.5. The SMILES string of the molecule is CCCCCCCCc1cc(CCCCCCCC)c(C(=O)O)c(C(=O)O)c1.COC(=O)c1ccccc1. The van der Waals surface area contributed by atoms with Gasteiger partial charge in [-0.15, -0.1) is 0 Å². The molecule has 0 fully saturated rings. The predicted octanol–water partition coefficient (Wildman–Crippen LogP) is 8.36. The first-order valence-corrected chi connectivity index (χ1v) is 14.1. The Bertz CT molecular complexity index is 967. The van der Waals surface area contributed by atoms with Crippen LogP contribution in [0.2, 0.25) is 0 Å². The molecular formula is C32H46O6. The fraction of sp³-hybridized carbons (Fsp3) is 0.531. The van der Waals surface area contributed by atoms with Gasteiger partial charge in [-0.3, -0.25) is 0 Å². The minimum atomic E-state index is -1.15. The topological polar surface area (TPSA) is 101 Å². The van der Waals surface area contributed by atoms with E-state index in [1.54, 1.807) is 30.3 Å². The summed E-state index contributed by atoms with van der Waals surface area (Å²) in [4.78, 5) is 34.2. The number of hydrogen-bond acceptors (Lipinski definition) is 4. The van der Waals surface area contributed by atoms with E-state index in [9.17, 15) is 24.6 Å². The molecule has 2 N–H and O–H groups in total. The van der Waals surface area contributed by atoms with Crippen molar-refractivity contribution in [3.63, 3.8) is 0 Å². The number of esters is 1. The van der Waals surface area contributed by atoms with Crippen LogP contribution in [0.15, 0.2) is 42.5 Å². The Hall–Kier alpha value is -3.15. The molecule has 2 rings (SSSR count). The largest absolute Gasteiger partial charge is 0.478 e. The minimum Gasteiger partial charge on any atom is -0.478 e. The highest BCUT2D eigenvalue weighted by Crippen LogP contribution is 2.23. The summed E-state index contributed by atoms with van der Waals surface area (Å²) in [5.41, 5.74) is 2.15. The standard InChI is InChI=1S/C24H38O4.C8H8O2/c1-3-5-7-9-11-13-15-19-17-20(16-14-12-10-8-6-4-2)22(24(27)28)21(18-19)23(25)26;1-10-8(9)7-5-3-2-4-6-7/h17-18H,3-16H2,1-2H3,(H,25,26)(H,27,28);2-6H,1H3. The second-order valence-electron chi connectivity index (χ2n) is 9.68. The lowest BCUT2D eigenvalue weighted by Crippen LogP contribution is -2.13. The fourth-order valence-electron chi connectivity index (χ4n) is 4.43. The lowest BCUT2D eigenvalue weighted by atomic mass is 9.92. The van der Waals surface area contributed by atoms with E-state index >= 15 is 0 Å². The normalized spacial score (nSPS) is 10.4. The van der Waals surface area contributed by atoms with E-state index in [0.717, 1.165) is 44.1 Å². The van der Waals surface area contributed by atoms with E-state index in [1.807, 2.05) is 12.1 Å². The first-order valence-electron chi connectivity index (χ1n) is 14.1. The number of hydrogen-bond donors (Lipinski definition) is 2. The van der Waals surface area contributed by atoms with Crippen LogP contribution in [0.1, 0.15) is 133 Å². The number of benzene rings is 2. The molecule has 0 spiro atoms. The number of carboxylic acids is 2. The van der Waals surface area contributed by atoms with Gasteiger partial charge in [0.15, 0.2) is 0 Å². The van der Waals surface area contributed by atoms with E-state index in [-0.39, 0.29) is 17.1 Å². The van der Waals surface area contributed by atoms with Gasteiger partial charge >= 0.3 is 17.9 Å². The number of carboxylic acid groups (broad SMARTS) is 2. The molecule has 210 valence electrons. The number of aryl methyl sites for hydroxylation is 2. The van der Waals surface area contributed by atoms with Crippen molar-refractivity contribution in [2.75, 3.05) is 7.11 Å². The number of rotatable bonds is 17. The zero-order valence-electron chi connectivity index (χ0n) is 23.5. The molecule has 0 amide bonds. The van der Waals surface area contributed by atoms with Crippen LogP contribution in [-0.4, -0.2) is 35.2 Å². The summed E-state index contributed by atoms with van der Waals surface area (Å²) in [6.07, 6.45) is 15.3. The third kappa shape index (κ3) is 12.9. The summed E-state index contributed by atoms with van der Waals surface area (Å²) in [6, 6.07) is 12.4. The maximum atomic E-state index is 11.7. The molecule has 6 nitrogen and oxygen atoms in total. The summed E-state index contributed by atoms with van der Waals surface area (Å²) in [7, 11) is 1.37. The summed E-state index contributed by atoms with van der Waals surface area (Å²) in [5.74, 6) is -2.57. The highest BCUT2D eigenvalue weighted by molar-refractivity contribution is 6.03. The Morgan fingerprint density at radius 1 is 0.684 bits per heavy atom. The molecule has 0 radical (unpaired) electrons. The maximum Gasteiger partial charge on any atom is 0.337 e. The van der Waals surface area contributed by atoms with Crippen molar-refractivity contribution in [2.24, 2.45) is 0 Å². The number of carbonyl (C=O) groups is 3. The predicted molar refractivity (Wildman–Crippen MR) is 152 cm³/mol. The molecule has 0 aliphatic rings. The molecule has 6 heteroatoms. The number of ether oxygens (including phenoxy) is 1. The Morgan fingerprint density at radius 2 is 1.21 bits per heavy atom. The summed E-state index contributed by atoms with van der Waals surface area (Å²) in [6.45, 7) is 4.38. The molecule has 0 saturated heterocycles. The van der Waals surface area contributed by atoms with Gasteiger partial charge in [-0.1, -0.05) is 102 Å². The molecule has 0 atom stereocenters. The fourth-order valence-corrected chi connectivity index (χ4v) is 4.43. The Labute approximate surface area is 228 Å². The van der Waals surface area contributed by atoms with E-state index in [0.29, 0.717) is 17.5 Å². The Morgan fingerprint density at radius 3 is 1.71 bits per heavy atom. The van der Waals surface area contributed by atoms with Crippen molar-refractivity contribution in [3.8, 4) is 0 Å². The van der Waals surface area contributed by atoms with Crippen LogP contribution >= 0.6 is 0 Å². The summed E-state index contributed by atoms with van der Waals surface area (Å²) in [5, 5.41) is 19.1. The molecule has 0 aliphatic heterocycles. The van der Waals surface area contributed by atoms with Gasteiger partial charge in [0, 0.05) is 0 Å². The van der Waals surface area contributed by atoms with E-state index < -0.39 is 11.9 Å². The van der Waals surface area contributed by atoms with Crippen molar-refractivity contribution in [1.82, 2.24) is 0 Å². The van der Waals surface area contributed by atoms with Crippen LogP contribution in [0.5, 0.6) is 0 Å². The quantitative estimate of drug-likeness (QED) is 0.159. The molecule has 0 bridgehead atoms. The molecule has 0 aliphatic carbocycles. The average Bonchev–Trinajstić information content (AvgIpc) is 2.92. The minimum absolute atomic E-state index is 0.0206. The van der Waals surface area contributed by atoms with Crippen LogP contribution in [0, 0.1) is 0 Å². The summed E-state index contributed by atoms with van der Waals surface area (Å²) < 4.78 is 4.50. The van der Waals surface area contributed by atoms with Gasteiger partial charge in [0.05, 0.1) is 23.8 Å². The first-order chi connectivity index (χ1) is 18.3. The zero-order chi connectivity index (χ0) is 28.2. The molecule has 0 heterocycles. The second-order valence-corrected chi connectivity index (χ2v) is 9.68. The van der Waals surface area contributed by atoms with Crippen LogP contribution in [-0.2, 0) is 17.6 Å². The molecule has 0 unspecified atom stereocenters. The van der Waals surface area contributed by atoms with Gasteiger partial charge in [0.25, 0.3) is 0 Å².